The number of aromatic nitrogens is 2. The van der Waals surface area contributed by atoms with Gasteiger partial charge in [-0.05, 0) is 61.3 Å². The third-order valence-electron chi connectivity index (χ3n) is 6.35. The first-order valence-corrected chi connectivity index (χ1v) is 11.7. The lowest BCUT2D eigenvalue weighted by molar-refractivity contribution is 0.0602. The number of nitrogens with one attached hydrogen (secondary N) is 2. The molecule has 0 atom stereocenters. The average Bonchev–Trinajstić information content (AvgIpc) is 2.85. The van der Waals surface area contributed by atoms with E-state index in [1.807, 2.05) is 12.1 Å². The summed E-state index contributed by atoms with van der Waals surface area (Å²) in [5.41, 5.74) is 5.56. The van der Waals surface area contributed by atoms with Gasteiger partial charge < -0.3 is 25.2 Å². The molecule has 176 valence electrons. The standard InChI is InChI=1S/C25H27ClN6O2/c1-31-9-11-32(12-10-31)22-8-6-18-14-17(22)5-3-16-4-7-19(24(33)34-2)21(13-16)29-23-20(26)15-27-25(28-18)30-23/h4,6-8,13-15H,3,5,9-12H2,1-2H3,(H2,27,28,29,30). The van der Waals surface area contributed by atoms with Gasteiger partial charge in [-0.1, -0.05) is 17.7 Å². The topological polar surface area (TPSA) is 82.6 Å². The minimum Gasteiger partial charge on any atom is -0.465 e. The maximum Gasteiger partial charge on any atom is 0.339 e. The molecule has 2 N–H and O–H groups in total. The van der Waals surface area contributed by atoms with Crippen molar-refractivity contribution in [1.82, 2.24) is 14.9 Å². The van der Waals surface area contributed by atoms with Crippen LogP contribution in [-0.2, 0) is 17.6 Å². The Morgan fingerprint density at radius 3 is 2.68 bits per heavy atom. The summed E-state index contributed by atoms with van der Waals surface area (Å²) in [7, 11) is 3.53. The summed E-state index contributed by atoms with van der Waals surface area (Å²) in [6, 6.07) is 12.2. The van der Waals surface area contributed by atoms with Gasteiger partial charge in [-0.2, -0.15) is 4.98 Å². The highest BCUT2D eigenvalue weighted by Gasteiger charge is 2.20. The Hall–Kier alpha value is -3.36. The molecule has 6 bridgehead atoms. The zero-order chi connectivity index (χ0) is 23.7. The number of nitrogens with zero attached hydrogens (tertiary/aromatic N) is 4. The first-order valence-electron chi connectivity index (χ1n) is 11.3. The zero-order valence-corrected chi connectivity index (χ0v) is 20.0. The molecule has 0 spiro atoms. The maximum absolute atomic E-state index is 12.4. The van der Waals surface area contributed by atoms with Gasteiger partial charge in [0, 0.05) is 37.6 Å². The van der Waals surface area contributed by atoms with Gasteiger partial charge in [0.05, 0.1) is 24.6 Å². The zero-order valence-electron chi connectivity index (χ0n) is 19.3. The summed E-state index contributed by atoms with van der Waals surface area (Å²) >= 11 is 6.38. The largest absolute Gasteiger partial charge is 0.465 e. The van der Waals surface area contributed by atoms with E-state index < -0.39 is 5.97 Å². The van der Waals surface area contributed by atoms with Crippen LogP contribution in [0.4, 0.5) is 28.8 Å². The molecule has 3 aromatic rings. The van der Waals surface area contributed by atoms with Crippen molar-refractivity contribution in [2.24, 2.45) is 0 Å². The van der Waals surface area contributed by atoms with Crippen molar-refractivity contribution >= 4 is 46.4 Å². The number of ether oxygens (including phenoxy) is 1. The highest BCUT2D eigenvalue weighted by Crippen LogP contribution is 2.32. The number of benzene rings is 2. The molecule has 1 saturated heterocycles. The molecule has 2 aromatic carbocycles. The number of halogens is 1. The van der Waals surface area contributed by atoms with Crippen molar-refractivity contribution < 1.29 is 9.53 Å². The van der Waals surface area contributed by atoms with Gasteiger partial charge in [-0.15, -0.1) is 0 Å². The number of rotatable bonds is 2. The summed E-state index contributed by atoms with van der Waals surface area (Å²) in [5.74, 6) is 0.404. The number of methoxy groups -OCH3 is 1. The molecule has 0 amide bonds. The van der Waals surface area contributed by atoms with Gasteiger partial charge in [0.25, 0.3) is 0 Å². The Morgan fingerprint density at radius 2 is 1.88 bits per heavy atom. The number of piperazine rings is 1. The molecule has 34 heavy (non-hydrogen) atoms. The van der Waals surface area contributed by atoms with Crippen LogP contribution in [0.15, 0.2) is 42.6 Å². The Balaban J connectivity index is 1.58. The van der Waals surface area contributed by atoms with Gasteiger partial charge in [0.2, 0.25) is 5.95 Å². The monoisotopic (exact) mass is 478 g/mol. The van der Waals surface area contributed by atoms with E-state index in [0.29, 0.717) is 28.0 Å². The number of carbonyl (C=O) groups is 1. The predicted molar refractivity (Wildman–Crippen MR) is 135 cm³/mol. The molecular formula is C25H27ClN6O2. The first-order chi connectivity index (χ1) is 16.5. The summed E-state index contributed by atoms with van der Waals surface area (Å²) in [6.07, 6.45) is 3.21. The molecule has 1 fully saturated rings. The van der Waals surface area contributed by atoms with Crippen LogP contribution in [0.5, 0.6) is 0 Å². The molecule has 2 aliphatic heterocycles. The molecule has 0 unspecified atom stereocenters. The van der Waals surface area contributed by atoms with Gasteiger partial charge >= 0.3 is 5.97 Å². The number of fused-ring (bicyclic) bond motifs is 6. The van der Waals surface area contributed by atoms with Gasteiger partial charge in [0.15, 0.2) is 5.82 Å². The molecule has 3 heterocycles. The molecule has 5 rings (SSSR count). The van der Waals surface area contributed by atoms with E-state index in [4.69, 9.17) is 16.3 Å². The van der Waals surface area contributed by atoms with Crippen LogP contribution in [0.3, 0.4) is 0 Å². The van der Waals surface area contributed by atoms with Crippen molar-refractivity contribution in [3.05, 3.63) is 64.3 Å². The number of carbonyl (C=O) groups excluding carboxylic acids is 1. The van der Waals surface area contributed by atoms with Crippen molar-refractivity contribution in [3.63, 3.8) is 0 Å². The number of hydrogen-bond donors (Lipinski definition) is 2. The minimum absolute atomic E-state index is 0.354. The lowest BCUT2D eigenvalue weighted by Crippen LogP contribution is -2.44. The molecule has 9 heteroatoms. The second-order valence-electron chi connectivity index (χ2n) is 8.65. The van der Waals surface area contributed by atoms with E-state index in [2.05, 4.69) is 55.6 Å². The van der Waals surface area contributed by atoms with E-state index >= 15 is 0 Å². The van der Waals surface area contributed by atoms with Crippen LogP contribution in [0, 0.1) is 0 Å². The Bertz CT molecular complexity index is 1230. The highest BCUT2D eigenvalue weighted by atomic mass is 35.5. The van der Waals surface area contributed by atoms with Crippen LogP contribution in [0.2, 0.25) is 5.02 Å². The highest BCUT2D eigenvalue weighted by molar-refractivity contribution is 6.33. The fourth-order valence-corrected chi connectivity index (χ4v) is 4.55. The molecule has 2 aliphatic rings. The lowest BCUT2D eigenvalue weighted by Gasteiger charge is -2.35. The smallest absolute Gasteiger partial charge is 0.339 e. The van der Waals surface area contributed by atoms with Crippen LogP contribution in [0.1, 0.15) is 21.5 Å². The first kappa shape index (κ1) is 22.4. The van der Waals surface area contributed by atoms with Gasteiger partial charge in [-0.3, -0.25) is 0 Å². The average molecular weight is 479 g/mol. The van der Waals surface area contributed by atoms with Crippen molar-refractivity contribution in [2.75, 3.05) is 55.9 Å². The number of anilines is 5. The van der Waals surface area contributed by atoms with E-state index in [9.17, 15) is 4.79 Å². The van der Waals surface area contributed by atoms with Crippen LogP contribution >= 0.6 is 11.6 Å². The minimum atomic E-state index is -0.425. The summed E-state index contributed by atoms with van der Waals surface area (Å²) in [5, 5.41) is 6.87. The second kappa shape index (κ2) is 9.48. The maximum atomic E-state index is 12.4. The molecular weight excluding hydrogens is 452 g/mol. The Labute approximate surface area is 203 Å². The Morgan fingerprint density at radius 1 is 1.06 bits per heavy atom. The van der Waals surface area contributed by atoms with Gasteiger partial charge in [-0.25, -0.2) is 9.78 Å². The molecule has 0 radical (unpaired) electrons. The van der Waals surface area contributed by atoms with Gasteiger partial charge in [0.1, 0.15) is 5.02 Å². The summed E-state index contributed by atoms with van der Waals surface area (Å²) in [4.78, 5) is 26.1. The molecule has 1 aromatic heterocycles. The van der Waals surface area contributed by atoms with E-state index in [1.165, 1.54) is 18.4 Å². The molecule has 0 saturated carbocycles. The van der Waals surface area contributed by atoms with E-state index in [1.54, 1.807) is 12.3 Å². The van der Waals surface area contributed by atoms with Crippen molar-refractivity contribution in [2.45, 2.75) is 12.8 Å². The second-order valence-corrected chi connectivity index (χ2v) is 9.05. The Kier molecular flexibility index (Phi) is 6.26. The summed E-state index contributed by atoms with van der Waals surface area (Å²) in [6.45, 7) is 4.10. The SMILES string of the molecule is COC(=O)c1ccc2cc1Nc1nc(ncc1Cl)Nc1ccc(N3CCN(C)CC3)c(c1)CC2. The third-order valence-corrected chi connectivity index (χ3v) is 6.63. The fourth-order valence-electron chi connectivity index (χ4n) is 4.41. The van der Waals surface area contributed by atoms with Crippen LogP contribution in [-0.4, -0.2) is 61.2 Å². The predicted octanol–water partition coefficient (Wildman–Crippen LogP) is 4.25. The number of aryl methyl sites for hydroxylation is 2. The number of esters is 1. The van der Waals surface area contributed by atoms with Crippen molar-refractivity contribution in [3.8, 4) is 0 Å². The van der Waals surface area contributed by atoms with E-state index in [-0.39, 0.29) is 0 Å². The lowest BCUT2D eigenvalue weighted by atomic mass is 9.99. The van der Waals surface area contributed by atoms with Crippen LogP contribution < -0.4 is 15.5 Å². The normalized spacial score (nSPS) is 15.8. The number of hydrogen-bond acceptors (Lipinski definition) is 8. The van der Waals surface area contributed by atoms with E-state index in [0.717, 1.165) is 50.3 Å². The third kappa shape index (κ3) is 4.64. The van der Waals surface area contributed by atoms with Crippen molar-refractivity contribution in [1.29, 1.82) is 0 Å². The quantitative estimate of drug-likeness (QED) is 0.529. The molecule has 8 nitrogen and oxygen atoms in total. The fraction of sp³-hybridized carbons (Fsp3) is 0.320. The summed E-state index contributed by atoms with van der Waals surface area (Å²) < 4.78 is 4.98. The number of likely N-dealkylation sites (N-methyl/N-ethyl adjacent to an activating group) is 1. The molecule has 0 aliphatic carbocycles. The van der Waals surface area contributed by atoms with Crippen LogP contribution in [0.25, 0.3) is 0 Å².